The van der Waals surface area contributed by atoms with E-state index in [-0.39, 0.29) is 5.91 Å². The van der Waals surface area contributed by atoms with Gasteiger partial charge in [0.15, 0.2) is 0 Å². The Morgan fingerprint density at radius 3 is 2.38 bits per heavy atom. The molecule has 0 saturated carbocycles. The second-order valence-corrected chi connectivity index (χ2v) is 3.61. The topological polar surface area (TPSA) is 72.2 Å². The molecule has 5 nitrogen and oxygen atoms in total. The van der Waals surface area contributed by atoms with Crippen molar-refractivity contribution in [1.82, 2.24) is 5.32 Å². The van der Waals surface area contributed by atoms with Crippen LogP contribution in [0.1, 0.15) is 25.5 Å². The first-order valence-electron chi connectivity index (χ1n) is 4.98. The van der Waals surface area contributed by atoms with Crippen LogP contribution in [0.15, 0.2) is 30.3 Å². The zero-order valence-corrected chi connectivity index (χ0v) is 9.21. The molecule has 0 spiro atoms. The van der Waals surface area contributed by atoms with Crippen LogP contribution in [0.4, 0.5) is 0 Å². The third kappa shape index (κ3) is 3.05. The zero-order valence-electron chi connectivity index (χ0n) is 9.21. The van der Waals surface area contributed by atoms with Crippen molar-refractivity contribution in [2.75, 3.05) is 0 Å². The van der Waals surface area contributed by atoms with Gasteiger partial charge in [0.25, 0.3) is 0 Å². The molecule has 2 atom stereocenters. The first-order valence-corrected chi connectivity index (χ1v) is 4.98. The number of nitrogens with zero attached hydrogens (tertiary/aromatic N) is 1. The second-order valence-electron chi connectivity index (χ2n) is 3.61. The molecule has 0 bridgehead atoms. The highest BCUT2D eigenvalue weighted by Gasteiger charge is 2.28. The molecule has 1 amide bonds. The van der Waals surface area contributed by atoms with Crippen LogP contribution >= 0.6 is 0 Å². The maximum atomic E-state index is 11.0. The van der Waals surface area contributed by atoms with E-state index in [1.54, 1.807) is 24.3 Å². The molecule has 16 heavy (non-hydrogen) atoms. The van der Waals surface area contributed by atoms with Crippen LogP contribution in [0, 0.1) is 10.1 Å². The van der Waals surface area contributed by atoms with Crippen LogP contribution < -0.4 is 5.32 Å². The predicted molar refractivity (Wildman–Crippen MR) is 59.5 cm³/mol. The minimum Gasteiger partial charge on any atom is -0.343 e. The molecule has 0 saturated heterocycles. The standard InChI is InChI=1S/C11H14N2O3/c1-8(13(15)16)11(12-9(2)14)10-6-4-3-5-7-10/h3-8,11H,1-2H3,(H,12,14)/t8-,11+/m1/s1. The number of hydrogen-bond acceptors (Lipinski definition) is 3. The molecule has 5 heteroatoms. The van der Waals surface area contributed by atoms with E-state index in [0.717, 1.165) is 5.56 Å². The van der Waals surface area contributed by atoms with Crippen molar-refractivity contribution in [3.63, 3.8) is 0 Å². The molecule has 1 N–H and O–H groups in total. The van der Waals surface area contributed by atoms with Crippen molar-refractivity contribution >= 4 is 5.91 Å². The first kappa shape index (κ1) is 12.2. The van der Waals surface area contributed by atoms with Crippen molar-refractivity contribution in [2.45, 2.75) is 25.9 Å². The lowest BCUT2D eigenvalue weighted by atomic mass is 10.0. The lowest BCUT2D eigenvalue weighted by Crippen LogP contribution is -2.37. The summed E-state index contributed by atoms with van der Waals surface area (Å²) in [5, 5.41) is 13.3. The Bertz CT molecular complexity index is 378. The number of amides is 1. The summed E-state index contributed by atoms with van der Waals surface area (Å²) in [6.07, 6.45) is 0. The van der Waals surface area contributed by atoms with Gasteiger partial charge in [-0.25, -0.2) is 0 Å². The number of carbonyl (C=O) groups is 1. The molecule has 1 aromatic carbocycles. The number of carbonyl (C=O) groups excluding carboxylic acids is 1. The van der Waals surface area contributed by atoms with Crippen LogP contribution in [-0.2, 0) is 4.79 Å². The van der Waals surface area contributed by atoms with E-state index in [9.17, 15) is 14.9 Å². The molecule has 86 valence electrons. The normalized spacial score (nSPS) is 13.9. The highest BCUT2D eigenvalue weighted by atomic mass is 16.6. The second kappa shape index (κ2) is 5.25. The number of nitrogens with one attached hydrogen (secondary N) is 1. The van der Waals surface area contributed by atoms with Crippen molar-refractivity contribution in [3.05, 3.63) is 46.0 Å². The van der Waals surface area contributed by atoms with Crippen molar-refractivity contribution < 1.29 is 9.72 Å². The summed E-state index contributed by atoms with van der Waals surface area (Å²) >= 11 is 0. The van der Waals surface area contributed by atoms with Gasteiger partial charge in [-0.15, -0.1) is 0 Å². The molecular weight excluding hydrogens is 208 g/mol. The summed E-state index contributed by atoms with van der Waals surface area (Å²) < 4.78 is 0. The highest BCUT2D eigenvalue weighted by molar-refractivity contribution is 5.73. The molecule has 0 aliphatic rings. The van der Waals surface area contributed by atoms with Gasteiger partial charge in [0.2, 0.25) is 11.9 Å². The van der Waals surface area contributed by atoms with Gasteiger partial charge in [-0.3, -0.25) is 14.9 Å². The number of benzene rings is 1. The third-order valence-electron chi connectivity index (χ3n) is 2.33. The van der Waals surface area contributed by atoms with Crippen LogP contribution in [0.3, 0.4) is 0 Å². The molecule has 0 aliphatic carbocycles. The van der Waals surface area contributed by atoms with Gasteiger partial charge in [-0.05, 0) is 5.56 Å². The fraction of sp³-hybridized carbons (Fsp3) is 0.364. The Hall–Kier alpha value is -1.91. The van der Waals surface area contributed by atoms with Gasteiger partial charge in [0.1, 0.15) is 6.04 Å². The SMILES string of the molecule is CC(=O)N[C@H](c1ccccc1)[C@@H](C)[N+](=O)[O-]. The smallest absolute Gasteiger partial charge is 0.234 e. The van der Waals surface area contributed by atoms with Gasteiger partial charge < -0.3 is 5.32 Å². The fourth-order valence-corrected chi connectivity index (χ4v) is 1.48. The molecular formula is C11H14N2O3. The molecule has 0 fully saturated rings. The van der Waals surface area contributed by atoms with Gasteiger partial charge >= 0.3 is 0 Å². The summed E-state index contributed by atoms with van der Waals surface area (Å²) in [5.41, 5.74) is 0.738. The average molecular weight is 222 g/mol. The molecule has 0 unspecified atom stereocenters. The molecule has 0 aromatic heterocycles. The Labute approximate surface area is 93.6 Å². The van der Waals surface area contributed by atoms with E-state index >= 15 is 0 Å². The zero-order chi connectivity index (χ0) is 12.1. The van der Waals surface area contributed by atoms with E-state index in [1.807, 2.05) is 6.07 Å². The fourth-order valence-electron chi connectivity index (χ4n) is 1.48. The highest BCUT2D eigenvalue weighted by Crippen LogP contribution is 2.18. The minimum atomic E-state index is -0.855. The summed E-state index contributed by atoms with van der Waals surface area (Å²) in [7, 11) is 0. The van der Waals surface area contributed by atoms with Gasteiger partial charge in [0.05, 0.1) is 0 Å². The Kier molecular flexibility index (Phi) is 3.99. The summed E-state index contributed by atoms with van der Waals surface area (Å²) in [6.45, 7) is 2.83. The predicted octanol–water partition coefficient (Wildman–Crippen LogP) is 1.53. The van der Waals surface area contributed by atoms with Crippen LogP contribution in [0.5, 0.6) is 0 Å². The molecule has 0 radical (unpaired) electrons. The summed E-state index contributed by atoms with van der Waals surface area (Å²) in [6, 6.07) is 7.49. The van der Waals surface area contributed by atoms with Crippen LogP contribution in [0.25, 0.3) is 0 Å². The van der Waals surface area contributed by atoms with Gasteiger partial charge in [0, 0.05) is 18.8 Å². The van der Waals surface area contributed by atoms with Crippen molar-refractivity contribution in [1.29, 1.82) is 0 Å². The van der Waals surface area contributed by atoms with E-state index in [4.69, 9.17) is 0 Å². The Morgan fingerprint density at radius 1 is 1.38 bits per heavy atom. The number of rotatable bonds is 4. The molecule has 1 rings (SSSR count). The lowest BCUT2D eigenvalue weighted by molar-refractivity contribution is -0.523. The summed E-state index contributed by atoms with van der Waals surface area (Å²) in [4.78, 5) is 21.4. The number of hydrogen-bond donors (Lipinski definition) is 1. The lowest BCUT2D eigenvalue weighted by Gasteiger charge is -2.19. The number of nitro groups is 1. The van der Waals surface area contributed by atoms with Crippen LogP contribution in [0.2, 0.25) is 0 Å². The van der Waals surface area contributed by atoms with E-state index in [0.29, 0.717) is 0 Å². The third-order valence-corrected chi connectivity index (χ3v) is 2.33. The summed E-state index contributed by atoms with van der Waals surface area (Å²) in [5.74, 6) is -0.275. The molecule has 0 aliphatic heterocycles. The van der Waals surface area contributed by atoms with Crippen molar-refractivity contribution in [2.24, 2.45) is 0 Å². The van der Waals surface area contributed by atoms with E-state index in [2.05, 4.69) is 5.32 Å². The Balaban J connectivity index is 2.96. The molecule has 1 aromatic rings. The van der Waals surface area contributed by atoms with E-state index in [1.165, 1.54) is 13.8 Å². The maximum Gasteiger partial charge on any atom is 0.234 e. The van der Waals surface area contributed by atoms with E-state index < -0.39 is 17.0 Å². The molecule has 0 heterocycles. The average Bonchev–Trinajstić information content (AvgIpc) is 2.26. The quantitative estimate of drug-likeness (QED) is 0.620. The Morgan fingerprint density at radius 2 is 1.94 bits per heavy atom. The maximum absolute atomic E-state index is 11.0. The monoisotopic (exact) mass is 222 g/mol. The van der Waals surface area contributed by atoms with Crippen molar-refractivity contribution in [3.8, 4) is 0 Å². The van der Waals surface area contributed by atoms with Gasteiger partial charge in [-0.2, -0.15) is 0 Å². The minimum absolute atomic E-state index is 0.275. The first-order chi connectivity index (χ1) is 7.52. The van der Waals surface area contributed by atoms with Crippen LogP contribution in [-0.4, -0.2) is 16.9 Å². The van der Waals surface area contributed by atoms with Gasteiger partial charge in [-0.1, -0.05) is 30.3 Å². The largest absolute Gasteiger partial charge is 0.343 e.